The number of hydrogen-bond donors (Lipinski definition) is 2. The number of carbonyl (C=O) groups is 1. The number of halogens is 3. The lowest BCUT2D eigenvalue weighted by Crippen LogP contribution is -2.53. The minimum Gasteiger partial charge on any atom is -0.349 e. The molecule has 2 aromatic rings. The summed E-state index contributed by atoms with van der Waals surface area (Å²) >= 11 is 0. The molecule has 6 heteroatoms. The van der Waals surface area contributed by atoms with E-state index in [9.17, 15) is 18.0 Å². The fourth-order valence-corrected chi connectivity index (χ4v) is 2.78. The Morgan fingerprint density at radius 3 is 2.04 bits per heavy atom. The summed E-state index contributed by atoms with van der Waals surface area (Å²) in [6, 6.07) is 8.39. The Morgan fingerprint density at radius 2 is 1.52 bits per heavy atom. The Balaban J connectivity index is 2.29. The summed E-state index contributed by atoms with van der Waals surface area (Å²) in [5.74, 6) is -2.10. The molecule has 0 saturated heterocycles. The Kier molecular flexibility index (Phi) is 5.85. The van der Waals surface area contributed by atoms with Crippen molar-refractivity contribution < 1.29 is 18.0 Å². The highest BCUT2D eigenvalue weighted by molar-refractivity contribution is 5.81. The van der Waals surface area contributed by atoms with E-state index in [1.807, 2.05) is 0 Å². The van der Waals surface area contributed by atoms with Gasteiger partial charge in [0.1, 0.15) is 17.5 Å². The van der Waals surface area contributed by atoms with E-state index in [1.54, 1.807) is 26.0 Å². The average molecular weight is 350 g/mol. The van der Waals surface area contributed by atoms with Gasteiger partial charge in [-0.2, -0.15) is 0 Å². The number of nitrogens with one attached hydrogen (secondary N) is 1. The minimum absolute atomic E-state index is 0.192. The van der Waals surface area contributed by atoms with Gasteiger partial charge in [0, 0.05) is 11.6 Å². The SMILES string of the molecule is C[C@@H](N)C(=O)NC(C)(Cc1ccc(F)cc1)Cc1cc(F)cc(F)c1. The lowest BCUT2D eigenvalue weighted by atomic mass is 9.86. The summed E-state index contributed by atoms with van der Waals surface area (Å²) < 4.78 is 40.1. The molecule has 1 unspecified atom stereocenters. The number of amides is 1. The van der Waals surface area contributed by atoms with E-state index in [1.165, 1.54) is 24.3 Å². The van der Waals surface area contributed by atoms with Crippen molar-refractivity contribution in [3.8, 4) is 0 Å². The van der Waals surface area contributed by atoms with Crippen molar-refractivity contribution >= 4 is 5.91 Å². The van der Waals surface area contributed by atoms with Crippen LogP contribution in [-0.4, -0.2) is 17.5 Å². The van der Waals surface area contributed by atoms with E-state index in [-0.39, 0.29) is 18.1 Å². The van der Waals surface area contributed by atoms with Gasteiger partial charge in [-0.1, -0.05) is 12.1 Å². The zero-order valence-corrected chi connectivity index (χ0v) is 14.2. The van der Waals surface area contributed by atoms with Gasteiger partial charge in [-0.05, 0) is 62.1 Å². The van der Waals surface area contributed by atoms with E-state index in [2.05, 4.69) is 5.32 Å². The molecule has 0 aromatic heterocycles. The van der Waals surface area contributed by atoms with E-state index < -0.39 is 23.2 Å². The van der Waals surface area contributed by atoms with E-state index in [4.69, 9.17) is 5.73 Å². The Morgan fingerprint density at radius 1 is 1.00 bits per heavy atom. The first-order valence-corrected chi connectivity index (χ1v) is 7.94. The van der Waals surface area contributed by atoms with Gasteiger partial charge in [-0.3, -0.25) is 4.79 Å². The smallest absolute Gasteiger partial charge is 0.237 e. The molecule has 0 aliphatic carbocycles. The van der Waals surface area contributed by atoms with Gasteiger partial charge in [0.05, 0.1) is 6.04 Å². The van der Waals surface area contributed by atoms with Crippen LogP contribution in [0.3, 0.4) is 0 Å². The van der Waals surface area contributed by atoms with Crippen LogP contribution in [0.5, 0.6) is 0 Å². The summed E-state index contributed by atoms with van der Waals surface area (Å²) in [6.45, 7) is 3.31. The highest BCUT2D eigenvalue weighted by atomic mass is 19.1. The average Bonchev–Trinajstić information content (AvgIpc) is 2.48. The van der Waals surface area contributed by atoms with E-state index in [0.717, 1.165) is 11.6 Å². The second-order valence-electron chi connectivity index (χ2n) is 6.60. The summed E-state index contributed by atoms with van der Waals surface area (Å²) in [7, 11) is 0. The molecular weight excluding hydrogens is 329 g/mol. The highest BCUT2D eigenvalue weighted by Crippen LogP contribution is 2.21. The third kappa shape index (κ3) is 5.60. The van der Waals surface area contributed by atoms with Crippen LogP contribution in [0.1, 0.15) is 25.0 Å². The first-order valence-electron chi connectivity index (χ1n) is 7.94. The molecule has 0 radical (unpaired) electrons. The Hall–Kier alpha value is -2.34. The van der Waals surface area contributed by atoms with E-state index in [0.29, 0.717) is 12.0 Å². The fourth-order valence-electron chi connectivity index (χ4n) is 2.78. The van der Waals surface area contributed by atoms with Crippen LogP contribution in [0.25, 0.3) is 0 Å². The van der Waals surface area contributed by atoms with Crippen LogP contribution in [0, 0.1) is 17.5 Å². The first-order chi connectivity index (χ1) is 11.7. The maximum Gasteiger partial charge on any atom is 0.237 e. The van der Waals surface area contributed by atoms with Crippen molar-refractivity contribution in [3.63, 3.8) is 0 Å². The number of rotatable bonds is 6. The number of nitrogens with two attached hydrogens (primary N) is 1. The number of benzene rings is 2. The third-order valence-electron chi connectivity index (χ3n) is 3.86. The number of hydrogen-bond acceptors (Lipinski definition) is 2. The van der Waals surface area contributed by atoms with Gasteiger partial charge in [-0.25, -0.2) is 13.2 Å². The molecule has 3 nitrogen and oxygen atoms in total. The zero-order chi connectivity index (χ0) is 18.6. The van der Waals surface area contributed by atoms with Crippen LogP contribution >= 0.6 is 0 Å². The monoisotopic (exact) mass is 350 g/mol. The van der Waals surface area contributed by atoms with Crippen LogP contribution in [-0.2, 0) is 17.6 Å². The van der Waals surface area contributed by atoms with Gasteiger partial charge in [0.2, 0.25) is 5.91 Å². The van der Waals surface area contributed by atoms with Crippen molar-refractivity contribution in [2.24, 2.45) is 5.73 Å². The Bertz CT molecular complexity index is 727. The fraction of sp³-hybridized carbons (Fsp3) is 0.316. The molecule has 2 rings (SSSR count). The van der Waals surface area contributed by atoms with Crippen molar-refractivity contribution in [2.45, 2.75) is 38.3 Å². The van der Waals surface area contributed by atoms with Crippen molar-refractivity contribution in [1.82, 2.24) is 5.32 Å². The standard InChI is InChI=1S/C19H21F3N2O/c1-12(23)18(25)24-19(2,10-13-3-5-15(20)6-4-13)11-14-7-16(21)9-17(22)8-14/h3-9,12H,10-11,23H2,1-2H3,(H,24,25)/t12-,19?/m1/s1. The van der Waals surface area contributed by atoms with Gasteiger partial charge in [0.25, 0.3) is 0 Å². The molecule has 0 heterocycles. The maximum atomic E-state index is 13.5. The summed E-state index contributed by atoms with van der Waals surface area (Å²) in [4.78, 5) is 12.1. The predicted molar refractivity (Wildman–Crippen MR) is 90.4 cm³/mol. The molecule has 0 bridgehead atoms. The second-order valence-corrected chi connectivity index (χ2v) is 6.60. The molecule has 0 aliphatic heterocycles. The van der Waals surface area contributed by atoms with Crippen molar-refractivity contribution in [1.29, 1.82) is 0 Å². The molecular formula is C19H21F3N2O. The summed E-state index contributed by atoms with van der Waals surface area (Å²) in [5, 5.41) is 2.84. The summed E-state index contributed by atoms with van der Waals surface area (Å²) in [5.41, 5.74) is 5.96. The largest absolute Gasteiger partial charge is 0.349 e. The van der Waals surface area contributed by atoms with Crippen LogP contribution < -0.4 is 11.1 Å². The predicted octanol–water partition coefficient (Wildman–Crippen LogP) is 3.11. The van der Waals surface area contributed by atoms with Crippen LogP contribution in [0.2, 0.25) is 0 Å². The molecule has 134 valence electrons. The zero-order valence-electron chi connectivity index (χ0n) is 14.2. The topological polar surface area (TPSA) is 55.1 Å². The summed E-state index contributed by atoms with van der Waals surface area (Å²) in [6.07, 6.45) is 0.543. The normalized spacial score (nSPS) is 14.6. The maximum absolute atomic E-state index is 13.5. The molecule has 0 fully saturated rings. The van der Waals surface area contributed by atoms with Gasteiger partial charge < -0.3 is 11.1 Å². The quantitative estimate of drug-likeness (QED) is 0.841. The first kappa shape index (κ1) is 19.0. The lowest BCUT2D eigenvalue weighted by molar-refractivity contribution is -0.123. The minimum atomic E-state index is -0.844. The molecule has 2 aromatic carbocycles. The number of carbonyl (C=O) groups excluding carboxylic acids is 1. The van der Waals surface area contributed by atoms with Crippen molar-refractivity contribution in [3.05, 3.63) is 71.0 Å². The second kappa shape index (κ2) is 7.70. The van der Waals surface area contributed by atoms with Gasteiger partial charge in [0.15, 0.2) is 0 Å². The molecule has 25 heavy (non-hydrogen) atoms. The molecule has 0 spiro atoms. The lowest BCUT2D eigenvalue weighted by Gasteiger charge is -2.32. The van der Waals surface area contributed by atoms with Crippen molar-refractivity contribution in [2.75, 3.05) is 0 Å². The third-order valence-corrected chi connectivity index (χ3v) is 3.86. The van der Waals surface area contributed by atoms with Gasteiger partial charge >= 0.3 is 0 Å². The Labute approximate surface area is 145 Å². The van der Waals surface area contributed by atoms with Crippen LogP contribution in [0.15, 0.2) is 42.5 Å². The van der Waals surface area contributed by atoms with Crippen LogP contribution in [0.4, 0.5) is 13.2 Å². The highest BCUT2D eigenvalue weighted by Gasteiger charge is 2.29. The van der Waals surface area contributed by atoms with Gasteiger partial charge in [-0.15, -0.1) is 0 Å². The molecule has 1 amide bonds. The van der Waals surface area contributed by atoms with E-state index >= 15 is 0 Å². The molecule has 0 aliphatic rings. The molecule has 2 atom stereocenters. The molecule has 0 saturated carbocycles. The molecule has 3 N–H and O–H groups in total.